The van der Waals surface area contributed by atoms with Crippen LogP contribution in [0.3, 0.4) is 0 Å². The number of phosphoric acid groups is 1. The van der Waals surface area contributed by atoms with Crippen LogP contribution in [0.25, 0.3) is 11.0 Å². The van der Waals surface area contributed by atoms with Crippen molar-refractivity contribution in [2.45, 2.75) is 37.5 Å². The molecule has 1 fully saturated rings. The van der Waals surface area contributed by atoms with Crippen molar-refractivity contribution in [1.82, 2.24) is 14.3 Å². The van der Waals surface area contributed by atoms with Crippen molar-refractivity contribution in [1.29, 1.82) is 0 Å². The second-order valence-electron chi connectivity index (χ2n) is 7.94. The summed E-state index contributed by atoms with van der Waals surface area (Å²) in [6, 6.07) is 4.95. The van der Waals surface area contributed by atoms with Crippen molar-refractivity contribution < 1.29 is 52.0 Å². The largest absolute Gasteiger partial charge is 0.476 e. The Labute approximate surface area is 199 Å². The van der Waals surface area contributed by atoms with Crippen LogP contribution in [0.5, 0.6) is 0 Å². The van der Waals surface area contributed by atoms with Gasteiger partial charge in [0.05, 0.1) is 24.2 Å². The molecule has 0 spiro atoms. The lowest BCUT2D eigenvalue weighted by Gasteiger charge is -2.19. The summed E-state index contributed by atoms with van der Waals surface area (Å²) < 4.78 is 52.7. The van der Waals surface area contributed by atoms with E-state index in [-0.39, 0.29) is 16.7 Å². The fourth-order valence-corrected chi connectivity index (χ4v) is 6.07. The second-order valence-corrected chi connectivity index (χ2v) is 11.3. The van der Waals surface area contributed by atoms with Crippen molar-refractivity contribution in [3.05, 3.63) is 62.8 Å². The van der Waals surface area contributed by atoms with Crippen LogP contribution in [0, 0.1) is 5.82 Å². The van der Waals surface area contributed by atoms with E-state index in [0.29, 0.717) is 4.57 Å². The van der Waals surface area contributed by atoms with E-state index in [0.717, 1.165) is 22.9 Å². The zero-order valence-corrected chi connectivity index (χ0v) is 19.8. The zero-order valence-electron chi connectivity index (χ0n) is 18.0. The maximum absolute atomic E-state index is 14.3. The molecule has 1 aliphatic rings. The van der Waals surface area contributed by atoms with Gasteiger partial charge in [0.15, 0.2) is 11.8 Å². The van der Waals surface area contributed by atoms with E-state index in [4.69, 9.17) is 19.0 Å². The van der Waals surface area contributed by atoms with Crippen LogP contribution in [0.15, 0.2) is 44.6 Å². The topological polar surface area (TPSA) is 224 Å². The Kier molecular flexibility index (Phi) is 7.18. The van der Waals surface area contributed by atoms with Crippen LogP contribution in [0.2, 0.25) is 0 Å². The number of aliphatic hydroxyl groups excluding tert-OH is 2. The first kappa shape index (κ1) is 26.5. The minimum absolute atomic E-state index is 0.0298. The van der Waals surface area contributed by atoms with Gasteiger partial charge in [0.1, 0.15) is 23.7 Å². The third-order valence-corrected chi connectivity index (χ3v) is 8.16. The maximum Gasteiger partial charge on any atom is 0.476 e. The number of aromatic nitrogens is 3. The molecule has 3 heterocycles. The van der Waals surface area contributed by atoms with Crippen LogP contribution in [-0.2, 0) is 24.7 Å². The lowest BCUT2D eigenvalue weighted by molar-refractivity contribution is -0.0412. The molecule has 196 valence electrons. The zero-order chi connectivity index (χ0) is 26.4. The van der Waals surface area contributed by atoms with E-state index < -0.39 is 76.2 Å². The standard InChI is InChI=1S/C18H20FN3O12P2/c19-9-2-1-3-11-14(9)10(20-33-11)8-22-13(23)4-6-21(18(22)26)17-16(25)15(24)12(32-17)5-7-35(27,28)34-36(29,30)31/h1-4,6,12,15-17,24-25H,5,7-8H2,(H,27,28)(H2,29,30,31)/t12-,15+,16+,17-/m1/s1. The quantitative estimate of drug-likeness (QED) is 0.226. The Morgan fingerprint density at radius 3 is 2.53 bits per heavy atom. The highest BCUT2D eigenvalue weighted by Gasteiger charge is 2.45. The van der Waals surface area contributed by atoms with Gasteiger partial charge in [-0.05, 0) is 18.6 Å². The molecule has 1 aliphatic heterocycles. The number of fused-ring (bicyclic) bond motifs is 1. The molecular weight excluding hydrogens is 531 g/mol. The molecule has 18 heteroatoms. The SMILES string of the molecule is O=c1ccn([C@@H]2O[C@H](CCP(=O)(O)OP(=O)(O)O)[C@H](O)[C@@H]2O)c(=O)n1Cc1noc2cccc(F)c12. The number of ether oxygens (including phenoxy) is 1. The van der Waals surface area contributed by atoms with E-state index >= 15 is 0 Å². The van der Waals surface area contributed by atoms with E-state index in [1.165, 1.54) is 12.1 Å². The first-order chi connectivity index (χ1) is 16.8. The Balaban J connectivity index is 1.58. The smallest absolute Gasteiger partial charge is 0.388 e. The molecule has 0 saturated carbocycles. The molecule has 36 heavy (non-hydrogen) atoms. The molecule has 15 nitrogen and oxygen atoms in total. The molecule has 0 bridgehead atoms. The Morgan fingerprint density at radius 2 is 1.83 bits per heavy atom. The third-order valence-electron chi connectivity index (χ3n) is 5.46. The normalized spacial score (nSPS) is 24.3. The van der Waals surface area contributed by atoms with Gasteiger partial charge in [-0.15, -0.1) is 0 Å². The highest BCUT2D eigenvalue weighted by molar-refractivity contribution is 7.63. The molecule has 0 amide bonds. The number of benzene rings is 1. The number of nitrogens with zero attached hydrogens (tertiary/aromatic N) is 3. The summed E-state index contributed by atoms with van der Waals surface area (Å²) in [6.45, 7) is -0.491. The minimum Gasteiger partial charge on any atom is -0.388 e. The third kappa shape index (κ3) is 5.42. The average Bonchev–Trinajstić information content (AvgIpc) is 3.30. The fraction of sp³-hybridized carbons (Fsp3) is 0.389. The average molecular weight is 551 g/mol. The van der Waals surface area contributed by atoms with Gasteiger partial charge in [-0.2, -0.15) is 0 Å². The second kappa shape index (κ2) is 9.74. The van der Waals surface area contributed by atoms with Gasteiger partial charge >= 0.3 is 21.1 Å². The lowest BCUT2D eigenvalue weighted by Crippen LogP contribution is -2.43. The molecule has 1 saturated heterocycles. The summed E-state index contributed by atoms with van der Waals surface area (Å²) in [7, 11) is -10.1. The van der Waals surface area contributed by atoms with Crippen LogP contribution < -0.4 is 11.2 Å². The molecule has 0 radical (unpaired) electrons. The van der Waals surface area contributed by atoms with Crippen LogP contribution in [-0.4, -0.2) is 63.7 Å². The van der Waals surface area contributed by atoms with Gasteiger partial charge in [0, 0.05) is 12.3 Å². The van der Waals surface area contributed by atoms with E-state index in [1.54, 1.807) is 0 Å². The van der Waals surface area contributed by atoms with Crippen LogP contribution >= 0.6 is 15.4 Å². The highest BCUT2D eigenvalue weighted by atomic mass is 31.3. The minimum atomic E-state index is -5.27. The van der Waals surface area contributed by atoms with Gasteiger partial charge in [-0.25, -0.2) is 18.1 Å². The predicted octanol–water partition coefficient (Wildman–Crippen LogP) is -0.357. The molecule has 5 N–H and O–H groups in total. The Bertz CT molecular complexity index is 1500. The first-order valence-electron chi connectivity index (χ1n) is 10.2. The van der Waals surface area contributed by atoms with E-state index in [9.17, 15) is 38.2 Å². The fourth-order valence-electron chi connectivity index (χ4n) is 3.83. The molecular formula is C18H20FN3O12P2. The monoisotopic (exact) mass is 551 g/mol. The number of halogens is 1. The summed E-state index contributed by atoms with van der Waals surface area (Å²) >= 11 is 0. The van der Waals surface area contributed by atoms with Gasteiger partial charge in [0.2, 0.25) is 0 Å². The van der Waals surface area contributed by atoms with E-state index in [1.807, 2.05) is 0 Å². The number of hydrogen-bond acceptors (Lipinski definition) is 10. The van der Waals surface area contributed by atoms with Gasteiger partial charge in [0.25, 0.3) is 5.56 Å². The predicted molar refractivity (Wildman–Crippen MR) is 116 cm³/mol. The van der Waals surface area contributed by atoms with Crippen LogP contribution in [0.4, 0.5) is 4.39 Å². The molecule has 1 unspecified atom stereocenters. The van der Waals surface area contributed by atoms with Crippen LogP contribution in [0.1, 0.15) is 18.3 Å². The van der Waals surface area contributed by atoms with Crippen molar-refractivity contribution in [2.75, 3.05) is 6.16 Å². The molecule has 5 atom stereocenters. The molecule has 4 rings (SSSR count). The highest BCUT2D eigenvalue weighted by Crippen LogP contribution is 2.57. The van der Waals surface area contributed by atoms with Gasteiger partial charge in [-0.1, -0.05) is 11.2 Å². The number of rotatable bonds is 8. The summed E-state index contributed by atoms with van der Waals surface area (Å²) in [5.74, 6) is -0.683. The molecule has 0 aliphatic carbocycles. The lowest BCUT2D eigenvalue weighted by atomic mass is 10.1. The number of aliphatic hydroxyl groups is 2. The molecule has 1 aromatic carbocycles. The summed E-state index contributed by atoms with van der Waals surface area (Å²) in [5, 5.41) is 24.4. The van der Waals surface area contributed by atoms with Gasteiger partial charge < -0.3 is 34.2 Å². The Hall–Kier alpha value is -2.52. The number of hydrogen-bond donors (Lipinski definition) is 5. The maximum atomic E-state index is 14.3. The molecule has 2 aromatic heterocycles. The van der Waals surface area contributed by atoms with Crippen molar-refractivity contribution in [3.63, 3.8) is 0 Å². The summed E-state index contributed by atoms with van der Waals surface area (Å²) in [4.78, 5) is 52.5. The van der Waals surface area contributed by atoms with Crippen molar-refractivity contribution >= 4 is 26.4 Å². The summed E-state index contributed by atoms with van der Waals surface area (Å²) in [6.07, 6.45) is -6.63. The van der Waals surface area contributed by atoms with Crippen molar-refractivity contribution in [3.8, 4) is 0 Å². The van der Waals surface area contributed by atoms with Crippen molar-refractivity contribution in [2.24, 2.45) is 0 Å². The molecule has 3 aromatic rings. The van der Waals surface area contributed by atoms with Gasteiger partial charge in [-0.3, -0.25) is 18.5 Å². The first-order valence-corrected chi connectivity index (χ1v) is 13.5. The summed E-state index contributed by atoms with van der Waals surface area (Å²) in [5.41, 5.74) is -1.75. The van der Waals surface area contributed by atoms with E-state index in [2.05, 4.69) is 9.47 Å². The Morgan fingerprint density at radius 1 is 1.11 bits per heavy atom.